The summed E-state index contributed by atoms with van der Waals surface area (Å²) in [4.78, 5) is 1.82. The first-order valence-corrected chi connectivity index (χ1v) is 6.12. The number of halogens is 3. The third-order valence-electron chi connectivity index (χ3n) is 3.14. The van der Waals surface area contributed by atoms with Gasteiger partial charge in [-0.25, -0.2) is 0 Å². The molecule has 0 heterocycles. The van der Waals surface area contributed by atoms with Crippen molar-refractivity contribution in [3.8, 4) is 0 Å². The van der Waals surface area contributed by atoms with Crippen molar-refractivity contribution in [1.29, 1.82) is 0 Å². The highest BCUT2D eigenvalue weighted by Crippen LogP contribution is 2.31. The highest BCUT2D eigenvalue weighted by Gasteiger charge is 2.30. The zero-order valence-corrected chi connectivity index (χ0v) is 11.0. The van der Waals surface area contributed by atoms with Crippen molar-refractivity contribution < 1.29 is 13.2 Å². The summed E-state index contributed by atoms with van der Waals surface area (Å²) in [5, 5.41) is 0. The lowest BCUT2D eigenvalue weighted by Crippen LogP contribution is -2.11. The molecule has 0 bridgehead atoms. The number of alkyl halides is 3. The van der Waals surface area contributed by atoms with Gasteiger partial charge in [-0.05, 0) is 42.0 Å². The standard InChI is InChI=1S/C15H15F3N2/c1-20(13-6-2-11(10-19)3-7-13)14-8-4-12(5-9-14)15(16,17)18/h2-9H,10,19H2,1H3. The summed E-state index contributed by atoms with van der Waals surface area (Å²) in [6.45, 7) is 0.463. The number of nitrogens with zero attached hydrogens (tertiary/aromatic N) is 1. The lowest BCUT2D eigenvalue weighted by molar-refractivity contribution is -0.137. The van der Waals surface area contributed by atoms with Gasteiger partial charge in [0.1, 0.15) is 0 Å². The molecule has 2 N–H and O–H groups in total. The molecule has 0 aromatic heterocycles. The van der Waals surface area contributed by atoms with E-state index in [2.05, 4.69) is 0 Å². The number of hydrogen-bond donors (Lipinski definition) is 1. The highest BCUT2D eigenvalue weighted by atomic mass is 19.4. The van der Waals surface area contributed by atoms with Crippen molar-refractivity contribution in [2.45, 2.75) is 12.7 Å². The minimum absolute atomic E-state index is 0.463. The van der Waals surface area contributed by atoms with Gasteiger partial charge in [0.05, 0.1) is 5.56 Å². The van der Waals surface area contributed by atoms with Gasteiger partial charge in [0.15, 0.2) is 0 Å². The first-order chi connectivity index (χ1) is 9.41. The molecule has 106 valence electrons. The van der Waals surface area contributed by atoms with E-state index >= 15 is 0 Å². The Bertz CT molecular complexity index is 559. The SMILES string of the molecule is CN(c1ccc(CN)cc1)c1ccc(C(F)(F)F)cc1. The van der Waals surface area contributed by atoms with Gasteiger partial charge in [0, 0.05) is 25.0 Å². The molecule has 5 heteroatoms. The van der Waals surface area contributed by atoms with E-state index in [0.717, 1.165) is 23.4 Å². The van der Waals surface area contributed by atoms with Gasteiger partial charge in [0.25, 0.3) is 0 Å². The third-order valence-corrected chi connectivity index (χ3v) is 3.14. The first-order valence-electron chi connectivity index (χ1n) is 6.12. The Balaban J connectivity index is 2.22. The van der Waals surface area contributed by atoms with Crippen molar-refractivity contribution in [2.75, 3.05) is 11.9 Å². The Hall–Kier alpha value is -2.01. The van der Waals surface area contributed by atoms with Gasteiger partial charge in [-0.1, -0.05) is 12.1 Å². The summed E-state index contributed by atoms with van der Waals surface area (Å²) in [6.07, 6.45) is -4.31. The van der Waals surface area contributed by atoms with Crippen molar-refractivity contribution in [3.63, 3.8) is 0 Å². The summed E-state index contributed by atoms with van der Waals surface area (Å²) in [5.74, 6) is 0. The third kappa shape index (κ3) is 3.11. The molecule has 0 aliphatic carbocycles. The second-order valence-corrected chi connectivity index (χ2v) is 4.47. The Morgan fingerprint density at radius 3 is 1.75 bits per heavy atom. The van der Waals surface area contributed by atoms with Crippen LogP contribution in [0.25, 0.3) is 0 Å². The van der Waals surface area contributed by atoms with Crippen LogP contribution in [0.1, 0.15) is 11.1 Å². The topological polar surface area (TPSA) is 29.3 Å². The first kappa shape index (κ1) is 14.4. The van der Waals surface area contributed by atoms with Crippen molar-refractivity contribution >= 4 is 11.4 Å². The number of hydrogen-bond acceptors (Lipinski definition) is 2. The molecule has 20 heavy (non-hydrogen) atoms. The van der Waals surface area contributed by atoms with Crippen LogP contribution in [0.3, 0.4) is 0 Å². The predicted molar refractivity (Wildman–Crippen MR) is 73.8 cm³/mol. The quantitative estimate of drug-likeness (QED) is 0.923. The lowest BCUT2D eigenvalue weighted by Gasteiger charge is -2.20. The largest absolute Gasteiger partial charge is 0.416 e. The zero-order valence-electron chi connectivity index (χ0n) is 11.0. The Morgan fingerprint density at radius 1 is 0.900 bits per heavy atom. The molecule has 0 aliphatic heterocycles. The smallest absolute Gasteiger partial charge is 0.345 e. The van der Waals surface area contributed by atoms with Gasteiger partial charge in [-0.15, -0.1) is 0 Å². The fraction of sp³-hybridized carbons (Fsp3) is 0.200. The molecule has 0 saturated carbocycles. The fourth-order valence-corrected chi connectivity index (χ4v) is 1.88. The minimum atomic E-state index is -4.31. The second kappa shape index (κ2) is 5.54. The van der Waals surface area contributed by atoms with Gasteiger partial charge in [-0.2, -0.15) is 13.2 Å². The molecule has 0 amide bonds. The fourth-order valence-electron chi connectivity index (χ4n) is 1.88. The molecule has 2 aromatic rings. The van der Waals surface area contributed by atoms with Crippen LogP contribution < -0.4 is 10.6 Å². The van der Waals surface area contributed by atoms with E-state index < -0.39 is 11.7 Å². The van der Waals surface area contributed by atoms with E-state index in [9.17, 15) is 13.2 Å². The molecule has 2 nitrogen and oxygen atoms in total. The summed E-state index contributed by atoms with van der Waals surface area (Å²) in [7, 11) is 1.81. The normalized spacial score (nSPS) is 11.4. The Morgan fingerprint density at radius 2 is 1.35 bits per heavy atom. The van der Waals surface area contributed by atoms with E-state index in [0.29, 0.717) is 12.2 Å². The van der Waals surface area contributed by atoms with E-state index in [4.69, 9.17) is 5.73 Å². The van der Waals surface area contributed by atoms with Crippen molar-refractivity contribution in [1.82, 2.24) is 0 Å². The van der Waals surface area contributed by atoms with Gasteiger partial charge in [-0.3, -0.25) is 0 Å². The highest BCUT2D eigenvalue weighted by molar-refractivity contribution is 5.62. The van der Waals surface area contributed by atoms with Crippen LogP contribution in [0.4, 0.5) is 24.5 Å². The van der Waals surface area contributed by atoms with Crippen LogP contribution in [-0.4, -0.2) is 7.05 Å². The second-order valence-electron chi connectivity index (χ2n) is 4.47. The van der Waals surface area contributed by atoms with Crippen LogP contribution in [0, 0.1) is 0 Å². The lowest BCUT2D eigenvalue weighted by atomic mass is 10.1. The number of benzene rings is 2. The zero-order chi connectivity index (χ0) is 14.8. The van der Waals surface area contributed by atoms with Crippen molar-refractivity contribution in [3.05, 3.63) is 59.7 Å². The van der Waals surface area contributed by atoms with Crippen LogP contribution in [0.5, 0.6) is 0 Å². The van der Waals surface area contributed by atoms with E-state index in [-0.39, 0.29) is 0 Å². The minimum Gasteiger partial charge on any atom is -0.345 e. The molecule has 0 radical (unpaired) electrons. The van der Waals surface area contributed by atoms with Crippen LogP contribution >= 0.6 is 0 Å². The van der Waals surface area contributed by atoms with Gasteiger partial charge in [0.2, 0.25) is 0 Å². The number of rotatable bonds is 3. The molecule has 0 saturated heterocycles. The maximum Gasteiger partial charge on any atom is 0.416 e. The summed E-state index contributed by atoms with van der Waals surface area (Å²) in [6, 6.07) is 12.7. The molecular weight excluding hydrogens is 265 g/mol. The maximum absolute atomic E-state index is 12.5. The van der Waals surface area contributed by atoms with Crippen LogP contribution in [0.15, 0.2) is 48.5 Å². The predicted octanol–water partition coefficient (Wildman–Crippen LogP) is 3.93. The van der Waals surface area contributed by atoms with Crippen LogP contribution in [-0.2, 0) is 12.7 Å². The van der Waals surface area contributed by atoms with Gasteiger partial charge >= 0.3 is 6.18 Å². The number of nitrogens with two attached hydrogens (primary N) is 1. The van der Waals surface area contributed by atoms with E-state index in [1.807, 2.05) is 29.2 Å². The molecule has 0 unspecified atom stereocenters. The van der Waals surface area contributed by atoms with E-state index in [1.54, 1.807) is 7.05 Å². The summed E-state index contributed by atoms with van der Waals surface area (Å²) >= 11 is 0. The average molecular weight is 280 g/mol. The van der Waals surface area contributed by atoms with Crippen molar-refractivity contribution in [2.24, 2.45) is 5.73 Å². The summed E-state index contributed by atoms with van der Waals surface area (Å²) < 4.78 is 37.5. The molecule has 0 aliphatic rings. The van der Waals surface area contributed by atoms with Crippen LogP contribution in [0.2, 0.25) is 0 Å². The Labute approximate surface area is 115 Å². The number of anilines is 2. The molecule has 0 spiro atoms. The Kier molecular flexibility index (Phi) is 3.99. The molecule has 0 fully saturated rings. The maximum atomic E-state index is 12.5. The molecular formula is C15H15F3N2. The molecule has 0 atom stereocenters. The van der Waals surface area contributed by atoms with Gasteiger partial charge < -0.3 is 10.6 Å². The summed E-state index contributed by atoms with van der Waals surface area (Å²) in [5.41, 5.74) is 7.47. The molecule has 2 rings (SSSR count). The molecule has 2 aromatic carbocycles. The monoisotopic (exact) mass is 280 g/mol. The average Bonchev–Trinajstić information content (AvgIpc) is 2.46. The van der Waals surface area contributed by atoms with E-state index in [1.165, 1.54) is 12.1 Å².